The molecule has 1 aromatic heterocycles. The van der Waals surface area contributed by atoms with Crippen LogP contribution in [-0.4, -0.2) is 11.0 Å². The second kappa shape index (κ2) is 4.30. The van der Waals surface area contributed by atoms with Crippen LogP contribution < -0.4 is 5.73 Å². The molecule has 0 bridgehead atoms. The molecule has 3 N–H and O–H groups in total. The molecular weight excluding hydrogens is 196 g/mol. The van der Waals surface area contributed by atoms with Crippen LogP contribution in [0.25, 0.3) is 10.9 Å². The molecule has 0 aliphatic carbocycles. The van der Waals surface area contributed by atoms with Crippen molar-refractivity contribution in [2.75, 3.05) is 0 Å². The lowest BCUT2D eigenvalue weighted by molar-refractivity contribution is 0.554. The van der Waals surface area contributed by atoms with Gasteiger partial charge in [-0.1, -0.05) is 32.0 Å². The Morgan fingerprint density at radius 2 is 2.12 bits per heavy atom. The van der Waals surface area contributed by atoms with E-state index >= 15 is 0 Å². The molecule has 2 rings (SSSR count). The van der Waals surface area contributed by atoms with Crippen molar-refractivity contribution in [3.8, 4) is 0 Å². The number of nitrogens with two attached hydrogens (primary N) is 1. The number of aryl methyl sites for hydroxylation is 1. The minimum atomic E-state index is 0.236. The third-order valence-corrected chi connectivity index (χ3v) is 3.56. The van der Waals surface area contributed by atoms with Crippen LogP contribution >= 0.6 is 0 Å². The van der Waals surface area contributed by atoms with Crippen molar-refractivity contribution in [2.45, 2.75) is 39.2 Å². The van der Waals surface area contributed by atoms with Gasteiger partial charge in [-0.2, -0.15) is 0 Å². The van der Waals surface area contributed by atoms with Crippen molar-refractivity contribution >= 4 is 10.9 Å². The highest BCUT2D eigenvalue weighted by atomic mass is 14.7. The third kappa shape index (κ3) is 1.74. The molecule has 0 fully saturated rings. The summed E-state index contributed by atoms with van der Waals surface area (Å²) in [7, 11) is 0. The molecule has 86 valence electrons. The fraction of sp³-hybridized carbons (Fsp3) is 0.429. The minimum Gasteiger partial charge on any atom is -0.361 e. The zero-order valence-electron chi connectivity index (χ0n) is 10.2. The van der Waals surface area contributed by atoms with Crippen molar-refractivity contribution in [3.63, 3.8) is 0 Å². The van der Waals surface area contributed by atoms with Gasteiger partial charge in [-0.3, -0.25) is 0 Å². The SMILES string of the molecule is CC[C@H](N)[C@H](C)c1c[nH]c2c(C)cccc12. The molecule has 0 radical (unpaired) electrons. The molecule has 0 amide bonds. The van der Waals surface area contributed by atoms with Crippen LogP contribution in [0.5, 0.6) is 0 Å². The number of fused-ring (bicyclic) bond motifs is 1. The predicted molar refractivity (Wildman–Crippen MR) is 69.7 cm³/mol. The number of H-pyrrole nitrogens is 1. The number of benzene rings is 1. The van der Waals surface area contributed by atoms with Crippen LogP contribution in [0.1, 0.15) is 37.3 Å². The third-order valence-electron chi connectivity index (χ3n) is 3.56. The Bertz CT molecular complexity index is 484. The van der Waals surface area contributed by atoms with Crippen molar-refractivity contribution in [2.24, 2.45) is 5.73 Å². The van der Waals surface area contributed by atoms with E-state index in [2.05, 4.69) is 50.2 Å². The molecule has 0 saturated heterocycles. The maximum atomic E-state index is 6.12. The van der Waals surface area contributed by atoms with Gasteiger partial charge in [0.25, 0.3) is 0 Å². The Kier molecular flexibility index (Phi) is 3.01. The van der Waals surface area contributed by atoms with Gasteiger partial charge in [-0.15, -0.1) is 0 Å². The fourth-order valence-corrected chi connectivity index (χ4v) is 2.29. The number of hydrogen-bond acceptors (Lipinski definition) is 1. The van der Waals surface area contributed by atoms with E-state index < -0.39 is 0 Å². The second-order valence-corrected chi connectivity index (χ2v) is 4.60. The molecule has 1 heterocycles. The summed E-state index contributed by atoms with van der Waals surface area (Å²) in [6.45, 7) is 6.48. The highest BCUT2D eigenvalue weighted by molar-refractivity contribution is 5.86. The summed E-state index contributed by atoms with van der Waals surface area (Å²) in [4.78, 5) is 3.36. The smallest absolute Gasteiger partial charge is 0.0486 e. The molecule has 2 atom stereocenters. The lowest BCUT2D eigenvalue weighted by Gasteiger charge is -2.17. The highest BCUT2D eigenvalue weighted by Gasteiger charge is 2.16. The first kappa shape index (κ1) is 11.2. The first-order valence-corrected chi connectivity index (χ1v) is 5.97. The molecule has 0 aliphatic rings. The van der Waals surface area contributed by atoms with Crippen LogP contribution in [0.4, 0.5) is 0 Å². The molecule has 16 heavy (non-hydrogen) atoms. The molecule has 1 aromatic carbocycles. The van der Waals surface area contributed by atoms with Crippen LogP contribution in [0, 0.1) is 6.92 Å². The van der Waals surface area contributed by atoms with E-state index in [1.165, 1.54) is 22.0 Å². The standard InChI is InChI=1S/C14H20N2/c1-4-13(15)10(3)12-8-16-14-9(2)6-5-7-11(12)14/h5-8,10,13,16H,4,15H2,1-3H3/t10-,13+/m1/s1. The molecule has 0 spiro atoms. The molecule has 2 nitrogen and oxygen atoms in total. The van der Waals surface area contributed by atoms with Gasteiger partial charge in [-0.25, -0.2) is 0 Å². The first-order valence-electron chi connectivity index (χ1n) is 5.97. The van der Waals surface area contributed by atoms with Gasteiger partial charge in [0, 0.05) is 23.1 Å². The number of rotatable bonds is 3. The van der Waals surface area contributed by atoms with Crippen LogP contribution in [-0.2, 0) is 0 Å². The van der Waals surface area contributed by atoms with Gasteiger partial charge in [0.2, 0.25) is 0 Å². The van der Waals surface area contributed by atoms with Gasteiger partial charge in [0.15, 0.2) is 0 Å². The molecular formula is C14H20N2. The fourth-order valence-electron chi connectivity index (χ4n) is 2.29. The van der Waals surface area contributed by atoms with Gasteiger partial charge >= 0.3 is 0 Å². The van der Waals surface area contributed by atoms with E-state index in [1.807, 2.05) is 0 Å². The molecule has 0 unspecified atom stereocenters. The summed E-state index contributed by atoms with van der Waals surface area (Å²) < 4.78 is 0. The maximum absolute atomic E-state index is 6.12. The number of hydrogen-bond donors (Lipinski definition) is 2. The summed E-state index contributed by atoms with van der Waals surface area (Å²) >= 11 is 0. The Hall–Kier alpha value is -1.28. The lowest BCUT2D eigenvalue weighted by Crippen LogP contribution is -2.25. The average molecular weight is 216 g/mol. The van der Waals surface area contributed by atoms with Gasteiger partial charge in [0.1, 0.15) is 0 Å². The monoisotopic (exact) mass is 216 g/mol. The zero-order valence-corrected chi connectivity index (χ0v) is 10.2. The van der Waals surface area contributed by atoms with Gasteiger partial charge < -0.3 is 10.7 Å². The van der Waals surface area contributed by atoms with E-state index in [0.717, 1.165) is 6.42 Å². The Morgan fingerprint density at radius 3 is 2.81 bits per heavy atom. The zero-order chi connectivity index (χ0) is 11.7. The summed E-state index contributed by atoms with van der Waals surface area (Å²) in [5, 5.41) is 1.32. The summed E-state index contributed by atoms with van der Waals surface area (Å²) in [6, 6.07) is 6.65. The van der Waals surface area contributed by atoms with Crippen molar-refractivity contribution in [3.05, 3.63) is 35.5 Å². The normalized spacial score (nSPS) is 15.2. The van der Waals surface area contributed by atoms with E-state index in [0.29, 0.717) is 5.92 Å². The molecule has 2 heteroatoms. The molecule has 2 aromatic rings. The Morgan fingerprint density at radius 1 is 1.38 bits per heavy atom. The predicted octanol–water partition coefficient (Wildman–Crippen LogP) is 3.32. The Labute approximate surface area is 96.9 Å². The topological polar surface area (TPSA) is 41.8 Å². The van der Waals surface area contributed by atoms with Crippen LogP contribution in [0.3, 0.4) is 0 Å². The van der Waals surface area contributed by atoms with Gasteiger partial charge in [0.05, 0.1) is 0 Å². The number of para-hydroxylation sites is 1. The van der Waals surface area contributed by atoms with Gasteiger partial charge in [-0.05, 0) is 30.4 Å². The number of aromatic amines is 1. The van der Waals surface area contributed by atoms with Crippen LogP contribution in [0.15, 0.2) is 24.4 Å². The van der Waals surface area contributed by atoms with Crippen molar-refractivity contribution in [1.29, 1.82) is 0 Å². The van der Waals surface area contributed by atoms with Crippen molar-refractivity contribution in [1.82, 2.24) is 4.98 Å². The van der Waals surface area contributed by atoms with E-state index in [1.54, 1.807) is 0 Å². The average Bonchev–Trinajstić information content (AvgIpc) is 2.72. The maximum Gasteiger partial charge on any atom is 0.0486 e. The molecule has 0 saturated carbocycles. The van der Waals surface area contributed by atoms with E-state index in [-0.39, 0.29) is 6.04 Å². The summed E-state index contributed by atoms with van der Waals surface area (Å²) in [5.74, 6) is 0.403. The van der Waals surface area contributed by atoms with Crippen molar-refractivity contribution < 1.29 is 0 Å². The summed E-state index contributed by atoms with van der Waals surface area (Å²) in [6.07, 6.45) is 3.12. The first-order chi connectivity index (χ1) is 7.65. The quantitative estimate of drug-likeness (QED) is 0.812. The Balaban J connectivity index is 2.50. The largest absolute Gasteiger partial charge is 0.361 e. The second-order valence-electron chi connectivity index (χ2n) is 4.60. The minimum absolute atomic E-state index is 0.236. The number of nitrogens with one attached hydrogen (secondary N) is 1. The highest BCUT2D eigenvalue weighted by Crippen LogP contribution is 2.29. The summed E-state index contributed by atoms with van der Waals surface area (Å²) in [5.41, 5.74) is 10.00. The van der Waals surface area contributed by atoms with Crippen LogP contribution in [0.2, 0.25) is 0 Å². The van der Waals surface area contributed by atoms with E-state index in [9.17, 15) is 0 Å². The lowest BCUT2D eigenvalue weighted by atomic mass is 9.92. The number of aromatic nitrogens is 1. The molecule has 0 aliphatic heterocycles. The van der Waals surface area contributed by atoms with E-state index in [4.69, 9.17) is 5.73 Å².